The highest BCUT2D eigenvalue weighted by Gasteiger charge is 1.99. The van der Waals surface area contributed by atoms with Crippen LogP contribution in [0, 0.1) is 0 Å². The smallest absolute Gasteiger partial charge is 0.0228 e. The molecular weight excluding hydrogens is 168 g/mol. The second-order valence-electron chi connectivity index (χ2n) is 3.64. The van der Waals surface area contributed by atoms with Crippen LogP contribution in [0.15, 0.2) is 48.6 Å². The zero-order valence-electron chi connectivity index (χ0n) is 9.09. The van der Waals surface area contributed by atoms with E-state index < -0.39 is 0 Å². The van der Waals surface area contributed by atoms with E-state index in [1.165, 1.54) is 16.7 Å². The van der Waals surface area contributed by atoms with Gasteiger partial charge in [-0.25, -0.2) is 0 Å². The second kappa shape index (κ2) is 5.43. The molecule has 74 valence electrons. The zero-order chi connectivity index (χ0) is 10.4. The fourth-order valence-electron chi connectivity index (χ4n) is 1.46. The summed E-state index contributed by atoms with van der Waals surface area (Å²) in [6, 6.07) is 10.5. The molecule has 0 saturated carbocycles. The molecule has 0 aliphatic carbocycles. The lowest BCUT2D eigenvalue weighted by atomic mass is 9.99. The van der Waals surface area contributed by atoms with Gasteiger partial charge in [-0.05, 0) is 37.8 Å². The van der Waals surface area contributed by atoms with Gasteiger partial charge in [0.2, 0.25) is 0 Å². The Morgan fingerprint density at radius 1 is 1.21 bits per heavy atom. The molecule has 0 fully saturated rings. The maximum atomic E-state index is 3.93. The molecule has 0 aliphatic heterocycles. The Morgan fingerprint density at radius 3 is 2.36 bits per heavy atom. The first-order valence-electron chi connectivity index (χ1n) is 5.09. The van der Waals surface area contributed by atoms with Crippen LogP contribution in [0.5, 0.6) is 0 Å². The van der Waals surface area contributed by atoms with Crippen molar-refractivity contribution in [1.29, 1.82) is 0 Å². The number of hydrogen-bond acceptors (Lipinski definition) is 0. The highest BCUT2D eigenvalue weighted by Crippen LogP contribution is 2.20. The standard InChI is InChI=1S/C14H18/c1-4-13(11-10-12(2)3)14-8-6-5-7-9-14/h4-9H,2,10-11H2,1,3H3. The predicted octanol–water partition coefficient (Wildman–Crippen LogP) is 4.45. The van der Waals surface area contributed by atoms with E-state index in [1.54, 1.807) is 0 Å². The normalized spacial score (nSPS) is 11.4. The summed E-state index contributed by atoms with van der Waals surface area (Å²) in [4.78, 5) is 0. The Hall–Kier alpha value is -1.30. The molecule has 0 aliphatic rings. The third-order valence-electron chi connectivity index (χ3n) is 2.31. The van der Waals surface area contributed by atoms with Gasteiger partial charge in [0.15, 0.2) is 0 Å². The second-order valence-corrected chi connectivity index (χ2v) is 3.64. The Labute approximate surface area is 87.0 Å². The van der Waals surface area contributed by atoms with Crippen LogP contribution in [-0.4, -0.2) is 0 Å². The Bertz CT molecular complexity index is 317. The summed E-state index contributed by atoms with van der Waals surface area (Å²) in [6.07, 6.45) is 4.36. The molecule has 0 heterocycles. The van der Waals surface area contributed by atoms with Crippen molar-refractivity contribution in [1.82, 2.24) is 0 Å². The van der Waals surface area contributed by atoms with Gasteiger partial charge in [0.1, 0.15) is 0 Å². The van der Waals surface area contributed by atoms with Crippen molar-refractivity contribution < 1.29 is 0 Å². The van der Waals surface area contributed by atoms with Crippen LogP contribution in [-0.2, 0) is 0 Å². The topological polar surface area (TPSA) is 0 Å². The molecule has 0 amide bonds. The minimum Gasteiger partial charge on any atom is -0.100 e. The van der Waals surface area contributed by atoms with E-state index in [9.17, 15) is 0 Å². The van der Waals surface area contributed by atoms with Gasteiger partial charge < -0.3 is 0 Å². The summed E-state index contributed by atoms with van der Waals surface area (Å²) in [6.45, 7) is 8.11. The molecule has 1 aromatic carbocycles. The van der Waals surface area contributed by atoms with Crippen molar-refractivity contribution in [2.24, 2.45) is 0 Å². The molecule has 0 heteroatoms. The molecule has 14 heavy (non-hydrogen) atoms. The lowest BCUT2D eigenvalue weighted by Gasteiger charge is -2.06. The van der Waals surface area contributed by atoms with Gasteiger partial charge in [0.25, 0.3) is 0 Å². The Kier molecular flexibility index (Phi) is 4.18. The summed E-state index contributed by atoms with van der Waals surface area (Å²) < 4.78 is 0. The van der Waals surface area contributed by atoms with Gasteiger partial charge in [-0.2, -0.15) is 0 Å². The van der Waals surface area contributed by atoms with Crippen LogP contribution in [0.1, 0.15) is 32.3 Å². The molecule has 0 nitrogen and oxygen atoms in total. The first kappa shape index (κ1) is 10.8. The van der Waals surface area contributed by atoms with Crippen molar-refractivity contribution in [2.75, 3.05) is 0 Å². The first-order chi connectivity index (χ1) is 6.74. The quantitative estimate of drug-likeness (QED) is 0.609. The number of allylic oxidation sites excluding steroid dienone is 3. The van der Waals surface area contributed by atoms with E-state index in [2.05, 4.69) is 56.8 Å². The summed E-state index contributed by atoms with van der Waals surface area (Å²) in [7, 11) is 0. The van der Waals surface area contributed by atoms with Crippen LogP contribution >= 0.6 is 0 Å². The highest BCUT2D eigenvalue weighted by molar-refractivity contribution is 5.65. The van der Waals surface area contributed by atoms with Gasteiger partial charge >= 0.3 is 0 Å². The average Bonchev–Trinajstić information content (AvgIpc) is 2.20. The molecule has 0 saturated heterocycles. The summed E-state index contributed by atoms with van der Waals surface area (Å²) in [5.41, 5.74) is 3.99. The van der Waals surface area contributed by atoms with Gasteiger partial charge in [-0.15, -0.1) is 6.58 Å². The molecule has 1 rings (SSSR count). The first-order valence-corrected chi connectivity index (χ1v) is 5.09. The van der Waals surface area contributed by atoms with Crippen molar-refractivity contribution in [3.8, 4) is 0 Å². The lowest BCUT2D eigenvalue weighted by molar-refractivity contribution is 0.996. The SMILES string of the molecule is C=C(C)CCC(=CC)c1ccccc1. The maximum Gasteiger partial charge on any atom is -0.0228 e. The molecule has 0 unspecified atom stereocenters. The third-order valence-corrected chi connectivity index (χ3v) is 2.31. The van der Waals surface area contributed by atoms with Gasteiger partial charge in [0.05, 0.1) is 0 Å². The van der Waals surface area contributed by atoms with Crippen molar-refractivity contribution in [2.45, 2.75) is 26.7 Å². The predicted molar refractivity (Wildman–Crippen MR) is 64.1 cm³/mol. The average molecular weight is 186 g/mol. The van der Waals surface area contributed by atoms with Gasteiger partial charge in [-0.1, -0.05) is 42.0 Å². The van der Waals surface area contributed by atoms with Gasteiger partial charge in [-0.3, -0.25) is 0 Å². The van der Waals surface area contributed by atoms with E-state index >= 15 is 0 Å². The van der Waals surface area contributed by atoms with E-state index in [4.69, 9.17) is 0 Å². The zero-order valence-corrected chi connectivity index (χ0v) is 9.09. The number of benzene rings is 1. The largest absolute Gasteiger partial charge is 0.100 e. The molecule has 0 N–H and O–H groups in total. The fourth-order valence-corrected chi connectivity index (χ4v) is 1.46. The lowest BCUT2D eigenvalue weighted by Crippen LogP contribution is -1.85. The van der Waals surface area contributed by atoms with E-state index in [-0.39, 0.29) is 0 Å². The van der Waals surface area contributed by atoms with E-state index in [0.717, 1.165) is 12.8 Å². The summed E-state index contributed by atoms with van der Waals surface area (Å²) >= 11 is 0. The maximum absolute atomic E-state index is 3.93. The summed E-state index contributed by atoms with van der Waals surface area (Å²) in [5, 5.41) is 0. The Balaban J connectivity index is 2.69. The van der Waals surface area contributed by atoms with Gasteiger partial charge in [0, 0.05) is 0 Å². The minimum absolute atomic E-state index is 1.08. The van der Waals surface area contributed by atoms with Crippen LogP contribution < -0.4 is 0 Å². The van der Waals surface area contributed by atoms with Crippen molar-refractivity contribution in [3.63, 3.8) is 0 Å². The molecular formula is C14H18. The molecule has 0 spiro atoms. The van der Waals surface area contributed by atoms with Crippen LogP contribution in [0.4, 0.5) is 0 Å². The summed E-state index contributed by atoms with van der Waals surface area (Å²) in [5.74, 6) is 0. The Morgan fingerprint density at radius 2 is 1.86 bits per heavy atom. The number of hydrogen-bond donors (Lipinski definition) is 0. The van der Waals surface area contributed by atoms with Crippen LogP contribution in [0.2, 0.25) is 0 Å². The molecule has 0 aromatic heterocycles. The van der Waals surface area contributed by atoms with E-state index in [1.807, 2.05) is 0 Å². The number of rotatable bonds is 4. The van der Waals surface area contributed by atoms with Crippen molar-refractivity contribution >= 4 is 5.57 Å². The van der Waals surface area contributed by atoms with E-state index in [0.29, 0.717) is 0 Å². The van der Waals surface area contributed by atoms with Crippen LogP contribution in [0.3, 0.4) is 0 Å². The molecule has 0 atom stereocenters. The fraction of sp³-hybridized carbons (Fsp3) is 0.286. The molecule has 1 aromatic rings. The van der Waals surface area contributed by atoms with Crippen molar-refractivity contribution in [3.05, 3.63) is 54.1 Å². The minimum atomic E-state index is 1.08. The monoisotopic (exact) mass is 186 g/mol. The molecule has 0 bridgehead atoms. The third kappa shape index (κ3) is 3.21. The van der Waals surface area contributed by atoms with Crippen LogP contribution in [0.25, 0.3) is 5.57 Å². The highest BCUT2D eigenvalue weighted by atomic mass is 14.0. The molecule has 0 radical (unpaired) electrons.